The zero-order valence-electron chi connectivity index (χ0n) is 18.1. The Kier molecular flexibility index (Phi) is 8.95. The summed E-state index contributed by atoms with van der Waals surface area (Å²) in [4.78, 5) is 30.8. The standard InChI is InChI=1S/C25H27FN2O3S/c1-31-15-6-14-27(25(30)21-7-3-2-4-8-21)19-24(29)28(18-23-9-5-16-32-23)17-20-10-12-22(26)13-11-20/h2-5,7-13,16H,6,14-15,17-19H2,1H3. The van der Waals surface area contributed by atoms with Gasteiger partial charge in [-0.3, -0.25) is 9.59 Å². The molecule has 5 nitrogen and oxygen atoms in total. The van der Waals surface area contributed by atoms with Gasteiger partial charge in [-0.05, 0) is 47.7 Å². The number of carbonyl (C=O) groups is 2. The average Bonchev–Trinajstić information content (AvgIpc) is 3.33. The summed E-state index contributed by atoms with van der Waals surface area (Å²) in [6.45, 7) is 1.64. The second-order valence-electron chi connectivity index (χ2n) is 7.39. The van der Waals surface area contributed by atoms with Gasteiger partial charge in [-0.1, -0.05) is 36.4 Å². The van der Waals surface area contributed by atoms with Gasteiger partial charge in [0.25, 0.3) is 5.91 Å². The first-order valence-electron chi connectivity index (χ1n) is 10.4. The van der Waals surface area contributed by atoms with Crippen molar-refractivity contribution >= 4 is 23.2 Å². The van der Waals surface area contributed by atoms with Crippen LogP contribution in [0, 0.1) is 5.82 Å². The molecule has 0 aliphatic carbocycles. The third-order valence-corrected chi connectivity index (χ3v) is 5.84. The minimum absolute atomic E-state index is 0.0377. The fourth-order valence-electron chi connectivity index (χ4n) is 3.31. The highest BCUT2D eigenvalue weighted by molar-refractivity contribution is 7.09. The summed E-state index contributed by atoms with van der Waals surface area (Å²) in [5.74, 6) is -0.667. The van der Waals surface area contributed by atoms with Crippen molar-refractivity contribution in [1.82, 2.24) is 9.80 Å². The van der Waals surface area contributed by atoms with E-state index in [1.165, 1.54) is 12.1 Å². The largest absolute Gasteiger partial charge is 0.385 e. The second-order valence-corrected chi connectivity index (χ2v) is 8.43. The molecule has 1 heterocycles. The van der Waals surface area contributed by atoms with E-state index in [4.69, 9.17) is 4.74 Å². The maximum atomic E-state index is 13.4. The lowest BCUT2D eigenvalue weighted by Gasteiger charge is -2.28. The molecule has 168 valence electrons. The minimum Gasteiger partial charge on any atom is -0.385 e. The summed E-state index contributed by atoms with van der Waals surface area (Å²) in [6.07, 6.45) is 0.630. The predicted octanol–water partition coefficient (Wildman–Crippen LogP) is 4.59. The summed E-state index contributed by atoms with van der Waals surface area (Å²) in [7, 11) is 1.61. The quantitative estimate of drug-likeness (QED) is 0.398. The number of carbonyl (C=O) groups excluding carboxylic acids is 2. The molecule has 0 saturated heterocycles. The van der Waals surface area contributed by atoms with E-state index in [0.717, 1.165) is 10.4 Å². The molecular weight excluding hydrogens is 427 g/mol. The Hall–Kier alpha value is -3.03. The monoisotopic (exact) mass is 454 g/mol. The molecule has 0 N–H and O–H groups in total. The summed E-state index contributed by atoms with van der Waals surface area (Å²) in [5.41, 5.74) is 1.37. The number of amides is 2. The third-order valence-electron chi connectivity index (χ3n) is 4.98. The van der Waals surface area contributed by atoms with Crippen LogP contribution in [0.25, 0.3) is 0 Å². The lowest BCUT2D eigenvalue weighted by atomic mass is 10.2. The second kappa shape index (κ2) is 12.1. The van der Waals surface area contributed by atoms with E-state index < -0.39 is 0 Å². The number of ether oxygens (including phenoxy) is 1. The van der Waals surface area contributed by atoms with Crippen molar-refractivity contribution in [3.05, 3.63) is 93.9 Å². The number of nitrogens with zero attached hydrogens (tertiary/aromatic N) is 2. The summed E-state index contributed by atoms with van der Waals surface area (Å²) < 4.78 is 18.5. The van der Waals surface area contributed by atoms with Crippen LogP contribution in [0.5, 0.6) is 0 Å². The molecule has 0 radical (unpaired) electrons. The Labute approximate surface area is 192 Å². The van der Waals surface area contributed by atoms with Crippen molar-refractivity contribution in [2.45, 2.75) is 19.5 Å². The molecular formula is C25H27FN2O3S. The van der Waals surface area contributed by atoms with Crippen LogP contribution in [0.3, 0.4) is 0 Å². The Bertz CT molecular complexity index is 978. The molecule has 2 amide bonds. The Morgan fingerprint density at radius 3 is 2.34 bits per heavy atom. The van der Waals surface area contributed by atoms with Crippen molar-refractivity contribution < 1.29 is 18.7 Å². The topological polar surface area (TPSA) is 49.9 Å². The van der Waals surface area contributed by atoms with E-state index in [1.54, 1.807) is 64.6 Å². The zero-order chi connectivity index (χ0) is 22.8. The maximum absolute atomic E-state index is 13.4. The van der Waals surface area contributed by atoms with Gasteiger partial charge in [0.2, 0.25) is 5.91 Å². The van der Waals surface area contributed by atoms with E-state index in [-0.39, 0.29) is 24.2 Å². The molecule has 3 aromatic rings. The van der Waals surface area contributed by atoms with E-state index in [9.17, 15) is 14.0 Å². The fraction of sp³-hybridized carbons (Fsp3) is 0.280. The highest BCUT2D eigenvalue weighted by Crippen LogP contribution is 2.16. The summed E-state index contributed by atoms with van der Waals surface area (Å²) in [5, 5.41) is 1.96. The molecule has 0 atom stereocenters. The summed E-state index contributed by atoms with van der Waals surface area (Å²) in [6, 6.07) is 19.0. The highest BCUT2D eigenvalue weighted by atomic mass is 32.1. The van der Waals surface area contributed by atoms with Gasteiger partial charge in [0.05, 0.1) is 6.54 Å². The zero-order valence-corrected chi connectivity index (χ0v) is 18.9. The number of hydrogen-bond acceptors (Lipinski definition) is 4. The van der Waals surface area contributed by atoms with Gasteiger partial charge in [-0.25, -0.2) is 4.39 Å². The van der Waals surface area contributed by atoms with Crippen molar-refractivity contribution in [3.8, 4) is 0 Å². The van der Waals surface area contributed by atoms with Crippen LogP contribution in [-0.4, -0.2) is 48.4 Å². The van der Waals surface area contributed by atoms with Gasteiger partial charge in [0.15, 0.2) is 0 Å². The molecule has 1 aromatic heterocycles. The van der Waals surface area contributed by atoms with Crippen molar-refractivity contribution in [2.24, 2.45) is 0 Å². The first-order valence-corrected chi connectivity index (χ1v) is 11.3. The Balaban J connectivity index is 1.77. The van der Waals surface area contributed by atoms with Crippen molar-refractivity contribution in [2.75, 3.05) is 26.8 Å². The van der Waals surface area contributed by atoms with Crippen molar-refractivity contribution in [3.63, 3.8) is 0 Å². The van der Waals surface area contributed by atoms with Crippen LogP contribution in [0.4, 0.5) is 4.39 Å². The van der Waals surface area contributed by atoms with Crippen LogP contribution in [0.15, 0.2) is 72.1 Å². The molecule has 0 saturated carbocycles. The highest BCUT2D eigenvalue weighted by Gasteiger charge is 2.23. The molecule has 0 aliphatic rings. The molecule has 0 bridgehead atoms. The first-order chi connectivity index (χ1) is 15.6. The molecule has 7 heteroatoms. The Morgan fingerprint density at radius 1 is 0.938 bits per heavy atom. The molecule has 32 heavy (non-hydrogen) atoms. The van der Waals surface area contributed by atoms with Crippen LogP contribution in [-0.2, 0) is 22.6 Å². The molecule has 3 rings (SSSR count). The number of thiophene rings is 1. The number of benzene rings is 2. The maximum Gasteiger partial charge on any atom is 0.254 e. The van der Waals surface area contributed by atoms with E-state index >= 15 is 0 Å². The van der Waals surface area contributed by atoms with E-state index in [1.807, 2.05) is 23.6 Å². The van der Waals surface area contributed by atoms with Gasteiger partial charge in [-0.2, -0.15) is 0 Å². The lowest BCUT2D eigenvalue weighted by molar-refractivity contribution is -0.133. The van der Waals surface area contributed by atoms with E-state index in [0.29, 0.717) is 38.2 Å². The lowest BCUT2D eigenvalue weighted by Crippen LogP contribution is -2.43. The molecule has 0 aliphatic heterocycles. The first kappa shape index (κ1) is 23.6. The molecule has 2 aromatic carbocycles. The van der Waals surface area contributed by atoms with Gasteiger partial charge in [0.1, 0.15) is 12.4 Å². The van der Waals surface area contributed by atoms with Gasteiger partial charge < -0.3 is 14.5 Å². The minimum atomic E-state index is -0.317. The Morgan fingerprint density at radius 2 is 1.69 bits per heavy atom. The van der Waals surface area contributed by atoms with E-state index in [2.05, 4.69) is 0 Å². The van der Waals surface area contributed by atoms with Crippen molar-refractivity contribution in [1.29, 1.82) is 0 Å². The number of halogens is 1. The van der Waals surface area contributed by atoms with Gasteiger partial charge >= 0.3 is 0 Å². The predicted molar refractivity (Wildman–Crippen MR) is 124 cm³/mol. The normalized spacial score (nSPS) is 10.7. The molecule has 0 unspecified atom stereocenters. The SMILES string of the molecule is COCCCN(CC(=O)N(Cc1ccc(F)cc1)Cc1cccs1)C(=O)c1ccccc1. The van der Waals surface area contributed by atoms with Crippen LogP contribution >= 0.6 is 11.3 Å². The van der Waals surface area contributed by atoms with Crippen LogP contribution in [0.2, 0.25) is 0 Å². The molecule has 0 spiro atoms. The van der Waals surface area contributed by atoms with Gasteiger partial charge in [-0.15, -0.1) is 11.3 Å². The molecule has 0 fully saturated rings. The number of methoxy groups -OCH3 is 1. The number of rotatable bonds is 11. The summed E-state index contributed by atoms with van der Waals surface area (Å²) >= 11 is 1.57. The van der Waals surface area contributed by atoms with Crippen LogP contribution < -0.4 is 0 Å². The smallest absolute Gasteiger partial charge is 0.254 e. The third kappa shape index (κ3) is 7.00. The average molecular weight is 455 g/mol. The fourth-order valence-corrected chi connectivity index (χ4v) is 4.03. The van der Waals surface area contributed by atoms with Gasteiger partial charge in [0, 0.05) is 37.2 Å². The number of hydrogen-bond donors (Lipinski definition) is 0. The van der Waals surface area contributed by atoms with Crippen LogP contribution in [0.1, 0.15) is 27.2 Å².